The smallest absolute Gasteiger partial charge is 0.127 e. The number of hydrogen-bond donors (Lipinski definition) is 1. The van der Waals surface area contributed by atoms with Crippen LogP contribution in [0.25, 0.3) is 0 Å². The van der Waals surface area contributed by atoms with Crippen molar-refractivity contribution in [1.29, 1.82) is 0 Å². The van der Waals surface area contributed by atoms with E-state index in [0.29, 0.717) is 0 Å². The third-order valence-corrected chi connectivity index (χ3v) is 2.93. The molecule has 0 aliphatic carbocycles. The molecule has 0 fully saturated rings. The number of nitrogens with one attached hydrogen (secondary N) is 1. The first-order chi connectivity index (χ1) is 7.25. The third kappa shape index (κ3) is 2.65. The summed E-state index contributed by atoms with van der Waals surface area (Å²) in [6.45, 7) is 0. The van der Waals surface area contributed by atoms with Crippen LogP contribution in [-0.2, 0) is 12.8 Å². The highest BCUT2D eigenvalue weighted by atomic mass is 79.9. The molecule has 0 aliphatic heterocycles. The first-order valence-electron chi connectivity index (χ1n) is 4.68. The number of imidazole rings is 1. The van der Waals surface area contributed by atoms with Crippen molar-refractivity contribution < 1.29 is 4.39 Å². The lowest BCUT2D eigenvalue weighted by Gasteiger charge is -2.00. The number of aryl methyl sites for hydroxylation is 2. The van der Waals surface area contributed by atoms with Gasteiger partial charge >= 0.3 is 0 Å². The van der Waals surface area contributed by atoms with Gasteiger partial charge in [-0.25, -0.2) is 9.37 Å². The van der Waals surface area contributed by atoms with E-state index in [-0.39, 0.29) is 5.82 Å². The van der Waals surface area contributed by atoms with Gasteiger partial charge in [0.05, 0.1) is 6.33 Å². The summed E-state index contributed by atoms with van der Waals surface area (Å²) in [5, 5.41) is 0. The van der Waals surface area contributed by atoms with Gasteiger partial charge in [0.1, 0.15) is 10.4 Å². The third-order valence-electron chi connectivity index (χ3n) is 2.24. The Morgan fingerprint density at radius 3 is 2.53 bits per heavy atom. The second-order valence-electron chi connectivity index (χ2n) is 3.30. The molecule has 0 aliphatic rings. The lowest BCUT2D eigenvalue weighted by atomic mass is 10.1. The number of hydrogen-bond acceptors (Lipinski definition) is 1. The van der Waals surface area contributed by atoms with Crippen molar-refractivity contribution in [3.05, 3.63) is 52.3 Å². The standard InChI is InChI=1S/C11H10BrFN2/c12-11-10(14-7-15-11)6-3-8-1-4-9(13)5-2-8/h1-2,4-5,7H,3,6H2,(H,14,15). The number of rotatable bonds is 3. The second kappa shape index (κ2) is 4.57. The van der Waals surface area contributed by atoms with Crippen LogP contribution in [0.3, 0.4) is 0 Å². The Labute approximate surface area is 95.7 Å². The zero-order chi connectivity index (χ0) is 10.7. The number of halogens is 2. The van der Waals surface area contributed by atoms with Crippen molar-refractivity contribution in [3.63, 3.8) is 0 Å². The van der Waals surface area contributed by atoms with Crippen LogP contribution in [0.15, 0.2) is 35.2 Å². The van der Waals surface area contributed by atoms with Crippen LogP contribution in [0.5, 0.6) is 0 Å². The van der Waals surface area contributed by atoms with Gasteiger partial charge in [-0.05, 0) is 46.5 Å². The molecule has 0 saturated carbocycles. The van der Waals surface area contributed by atoms with Crippen molar-refractivity contribution in [2.24, 2.45) is 0 Å². The molecule has 0 spiro atoms. The number of H-pyrrole nitrogens is 1. The van der Waals surface area contributed by atoms with E-state index >= 15 is 0 Å². The zero-order valence-electron chi connectivity index (χ0n) is 8.00. The molecule has 1 N–H and O–H groups in total. The maximum absolute atomic E-state index is 12.6. The highest BCUT2D eigenvalue weighted by Gasteiger charge is 2.02. The summed E-state index contributed by atoms with van der Waals surface area (Å²) in [6.07, 6.45) is 3.40. The Bertz CT molecular complexity index is 436. The molecule has 2 aromatic rings. The molecule has 78 valence electrons. The van der Waals surface area contributed by atoms with Gasteiger partial charge in [-0.1, -0.05) is 12.1 Å². The van der Waals surface area contributed by atoms with Gasteiger partial charge in [-0.3, -0.25) is 0 Å². The first kappa shape index (κ1) is 10.4. The average molecular weight is 269 g/mol. The SMILES string of the molecule is Fc1ccc(CCc2[nH]cnc2Br)cc1. The Morgan fingerprint density at radius 1 is 1.20 bits per heavy atom. The maximum atomic E-state index is 12.6. The lowest BCUT2D eigenvalue weighted by molar-refractivity contribution is 0.627. The van der Waals surface area contributed by atoms with E-state index in [2.05, 4.69) is 25.9 Å². The fourth-order valence-corrected chi connectivity index (χ4v) is 1.82. The summed E-state index contributed by atoms with van der Waals surface area (Å²) >= 11 is 3.35. The van der Waals surface area contributed by atoms with Gasteiger partial charge in [-0.2, -0.15) is 0 Å². The molecule has 0 bridgehead atoms. The van der Waals surface area contributed by atoms with E-state index in [4.69, 9.17) is 0 Å². The van der Waals surface area contributed by atoms with E-state index in [0.717, 1.165) is 28.7 Å². The fraction of sp³-hybridized carbons (Fsp3) is 0.182. The minimum absolute atomic E-state index is 0.193. The van der Waals surface area contributed by atoms with Crippen LogP contribution < -0.4 is 0 Å². The summed E-state index contributed by atoms with van der Waals surface area (Å²) in [4.78, 5) is 7.10. The Kier molecular flexibility index (Phi) is 3.16. The van der Waals surface area contributed by atoms with E-state index in [1.807, 2.05) is 0 Å². The summed E-state index contributed by atoms with van der Waals surface area (Å²) in [5.41, 5.74) is 2.19. The molecular formula is C11H10BrFN2. The summed E-state index contributed by atoms with van der Waals surface area (Å²) in [5.74, 6) is -0.193. The number of aromatic amines is 1. The minimum Gasteiger partial charge on any atom is -0.348 e. The highest BCUT2D eigenvalue weighted by Crippen LogP contribution is 2.13. The summed E-state index contributed by atoms with van der Waals surface area (Å²) in [7, 11) is 0. The number of nitrogens with zero attached hydrogens (tertiary/aromatic N) is 1. The Morgan fingerprint density at radius 2 is 1.93 bits per heavy atom. The average Bonchev–Trinajstić information content (AvgIpc) is 2.63. The molecule has 1 heterocycles. The van der Waals surface area contributed by atoms with E-state index in [1.54, 1.807) is 18.5 Å². The molecule has 2 nitrogen and oxygen atoms in total. The Balaban J connectivity index is 1.99. The predicted molar refractivity (Wildman–Crippen MR) is 60.1 cm³/mol. The number of aromatic nitrogens is 2. The molecular weight excluding hydrogens is 259 g/mol. The topological polar surface area (TPSA) is 28.7 Å². The van der Waals surface area contributed by atoms with Crippen LogP contribution in [0, 0.1) is 5.82 Å². The second-order valence-corrected chi connectivity index (χ2v) is 4.05. The van der Waals surface area contributed by atoms with Gasteiger partial charge in [0.25, 0.3) is 0 Å². The van der Waals surface area contributed by atoms with Crippen LogP contribution >= 0.6 is 15.9 Å². The van der Waals surface area contributed by atoms with Crippen LogP contribution in [0.4, 0.5) is 4.39 Å². The highest BCUT2D eigenvalue weighted by molar-refractivity contribution is 9.10. The van der Waals surface area contributed by atoms with E-state index in [1.165, 1.54) is 12.1 Å². The van der Waals surface area contributed by atoms with Gasteiger partial charge in [0.2, 0.25) is 0 Å². The predicted octanol–water partition coefficient (Wildman–Crippen LogP) is 3.10. The minimum atomic E-state index is -0.193. The van der Waals surface area contributed by atoms with Crippen molar-refractivity contribution in [2.45, 2.75) is 12.8 Å². The van der Waals surface area contributed by atoms with Gasteiger partial charge in [-0.15, -0.1) is 0 Å². The summed E-state index contributed by atoms with van der Waals surface area (Å²) < 4.78 is 13.5. The van der Waals surface area contributed by atoms with E-state index in [9.17, 15) is 4.39 Å². The van der Waals surface area contributed by atoms with Gasteiger partial charge < -0.3 is 4.98 Å². The molecule has 4 heteroatoms. The van der Waals surface area contributed by atoms with E-state index < -0.39 is 0 Å². The lowest BCUT2D eigenvalue weighted by Crippen LogP contribution is -1.92. The molecule has 2 rings (SSSR count). The molecule has 0 unspecified atom stereocenters. The van der Waals surface area contributed by atoms with Crippen LogP contribution in [-0.4, -0.2) is 9.97 Å². The van der Waals surface area contributed by atoms with Gasteiger partial charge in [0, 0.05) is 5.69 Å². The molecule has 15 heavy (non-hydrogen) atoms. The van der Waals surface area contributed by atoms with Crippen molar-refractivity contribution in [2.75, 3.05) is 0 Å². The largest absolute Gasteiger partial charge is 0.348 e. The monoisotopic (exact) mass is 268 g/mol. The molecule has 0 amide bonds. The van der Waals surface area contributed by atoms with Crippen LogP contribution in [0.2, 0.25) is 0 Å². The molecule has 0 saturated heterocycles. The number of benzene rings is 1. The Hall–Kier alpha value is -1.16. The quantitative estimate of drug-likeness (QED) is 0.911. The van der Waals surface area contributed by atoms with Crippen LogP contribution in [0.1, 0.15) is 11.3 Å². The normalized spacial score (nSPS) is 10.5. The van der Waals surface area contributed by atoms with Gasteiger partial charge in [0.15, 0.2) is 0 Å². The van der Waals surface area contributed by atoms with Crippen molar-refractivity contribution in [3.8, 4) is 0 Å². The first-order valence-corrected chi connectivity index (χ1v) is 5.47. The fourth-order valence-electron chi connectivity index (χ4n) is 1.40. The van der Waals surface area contributed by atoms with Crippen molar-refractivity contribution >= 4 is 15.9 Å². The molecule has 0 atom stereocenters. The molecule has 0 radical (unpaired) electrons. The van der Waals surface area contributed by atoms with Crippen molar-refractivity contribution in [1.82, 2.24) is 9.97 Å². The zero-order valence-corrected chi connectivity index (χ0v) is 9.59. The maximum Gasteiger partial charge on any atom is 0.127 e. The summed E-state index contributed by atoms with van der Waals surface area (Å²) in [6, 6.07) is 6.58. The molecule has 1 aromatic heterocycles. The molecule has 1 aromatic carbocycles.